The number of rotatable bonds is 2. The highest BCUT2D eigenvalue weighted by atomic mass is 16.5. The molecule has 1 aliphatic heterocycles. The number of methoxy groups -OCH3 is 1. The van der Waals surface area contributed by atoms with E-state index in [1.165, 1.54) is 0 Å². The molecule has 0 spiro atoms. The number of aliphatic imine (C=N–C) groups is 1. The maximum absolute atomic E-state index is 8.02. The number of amidine groups is 1. The lowest BCUT2D eigenvalue weighted by Gasteiger charge is -2.32. The van der Waals surface area contributed by atoms with Crippen LogP contribution < -0.4 is 10.5 Å². The lowest BCUT2D eigenvalue weighted by Crippen LogP contribution is -2.46. The molecule has 0 aliphatic carbocycles. The van der Waals surface area contributed by atoms with Crippen LogP contribution in [0, 0.1) is 5.41 Å². The van der Waals surface area contributed by atoms with Gasteiger partial charge in [-0.2, -0.15) is 4.99 Å². The Hall–Kier alpha value is -2.08. The van der Waals surface area contributed by atoms with Gasteiger partial charge in [0.2, 0.25) is 5.96 Å². The van der Waals surface area contributed by atoms with Gasteiger partial charge in [0.1, 0.15) is 11.6 Å². The Labute approximate surface area is 119 Å². The van der Waals surface area contributed by atoms with Crippen molar-refractivity contribution in [3.05, 3.63) is 29.8 Å². The van der Waals surface area contributed by atoms with Crippen LogP contribution in [-0.2, 0) is 0 Å². The molecule has 1 heterocycles. The van der Waals surface area contributed by atoms with E-state index in [0.717, 1.165) is 37.5 Å². The Morgan fingerprint density at radius 2 is 1.80 bits per heavy atom. The number of nitrogens with one attached hydrogen (secondary N) is 1. The van der Waals surface area contributed by atoms with Crippen molar-refractivity contribution in [3.8, 4) is 5.75 Å². The zero-order valence-corrected chi connectivity index (χ0v) is 12.0. The number of piperazine rings is 1. The number of hydrogen-bond acceptors (Lipinski definition) is 3. The van der Waals surface area contributed by atoms with Gasteiger partial charge >= 0.3 is 0 Å². The van der Waals surface area contributed by atoms with Gasteiger partial charge in [0.15, 0.2) is 0 Å². The number of nitrogens with zero attached hydrogens (tertiary/aromatic N) is 3. The van der Waals surface area contributed by atoms with Crippen LogP contribution in [-0.4, -0.2) is 61.9 Å². The SMILES string of the molecule is COc1ccc(/C(N)=N/C(=N)N2CCN(C)CC2)cc1. The second-order valence-corrected chi connectivity index (χ2v) is 4.84. The Morgan fingerprint density at radius 3 is 2.35 bits per heavy atom. The van der Waals surface area contributed by atoms with E-state index in [2.05, 4.69) is 16.9 Å². The summed E-state index contributed by atoms with van der Waals surface area (Å²) in [6.45, 7) is 3.52. The maximum atomic E-state index is 8.02. The van der Waals surface area contributed by atoms with Crippen LogP contribution in [0.2, 0.25) is 0 Å². The van der Waals surface area contributed by atoms with E-state index in [1.807, 2.05) is 29.2 Å². The van der Waals surface area contributed by atoms with Crippen LogP contribution in [0.4, 0.5) is 0 Å². The van der Waals surface area contributed by atoms with Crippen LogP contribution in [0.1, 0.15) is 5.56 Å². The average molecular weight is 275 g/mol. The standard InChI is InChI=1S/C14H21N5O/c1-18-7-9-19(10-8-18)14(16)17-13(15)11-3-5-12(20-2)6-4-11/h3-6H,7-10H2,1-2H3,(H3,15,16,17). The first-order valence-corrected chi connectivity index (χ1v) is 6.61. The maximum Gasteiger partial charge on any atom is 0.219 e. The summed E-state index contributed by atoms with van der Waals surface area (Å²) in [6.07, 6.45) is 0. The van der Waals surface area contributed by atoms with Crippen molar-refractivity contribution >= 4 is 11.8 Å². The molecule has 1 aromatic rings. The molecule has 1 aliphatic rings. The monoisotopic (exact) mass is 275 g/mol. The number of nitrogens with two attached hydrogens (primary N) is 1. The smallest absolute Gasteiger partial charge is 0.219 e. The summed E-state index contributed by atoms with van der Waals surface area (Å²) < 4.78 is 5.10. The van der Waals surface area contributed by atoms with Gasteiger partial charge in [0, 0.05) is 31.7 Å². The van der Waals surface area contributed by atoms with E-state index in [0.29, 0.717) is 5.84 Å². The molecule has 20 heavy (non-hydrogen) atoms. The van der Waals surface area contributed by atoms with Gasteiger partial charge in [-0.1, -0.05) is 0 Å². The second-order valence-electron chi connectivity index (χ2n) is 4.84. The Balaban J connectivity index is 2.03. The summed E-state index contributed by atoms with van der Waals surface area (Å²) in [4.78, 5) is 8.37. The summed E-state index contributed by atoms with van der Waals surface area (Å²) in [5.74, 6) is 1.36. The molecule has 0 atom stereocenters. The highest BCUT2D eigenvalue weighted by molar-refractivity contribution is 6.04. The largest absolute Gasteiger partial charge is 0.497 e. The molecule has 6 heteroatoms. The van der Waals surface area contributed by atoms with Gasteiger partial charge in [-0.05, 0) is 31.3 Å². The summed E-state index contributed by atoms with van der Waals surface area (Å²) >= 11 is 0. The molecular weight excluding hydrogens is 254 g/mol. The van der Waals surface area contributed by atoms with Gasteiger partial charge in [-0.15, -0.1) is 0 Å². The zero-order valence-electron chi connectivity index (χ0n) is 12.0. The van der Waals surface area contributed by atoms with E-state index in [9.17, 15) is 0 Å². The van der Waals surface area contributed by atoms with Crippen LogP contribution in [0.3, 0.4) is 0 Å². The van der Waals surface area contributed by atoms with Crippen molar-refractivity contribution in [2.45, 2.75) is 0 Å². The third-order valence-corrected chi connectivity index (χ3v) is 3.41. The quantitative estimate of drug-likeness (QED) is 0.611. The van der Waals surface area contributed by atoms with Crippen molar-refractivity contribution in [3.63, 3.8) is 0 Å². The third-order valence-electron chi connectivity index (χ3n) is 3.41. The molecule has 1 saturated heterocycles. The first-order chi connectivity index (χ1) is 9.60. The van der Waals surface area contributed by atoms with Gasteiger partial charge in [0.25, 0.3) is 0 Å². The molecular formula is C14H21N5O. The van der Waals surface area contributed by atoms with Crippen LogP contribution in [0.5, 0.6) is 5.75 Å². The fourth-order valence-electron chi connectivity index (χ4n) is 2.03. The topological polar surface area (TPSA) is 77.9 Å². The number of hydrogen-bond donors (Lipinski definition) is 2. The van der Waals surface area contributed by atoms with Crippen molar-refractivity contribution in [1.82, 2.24) is 9.80 Å². The zero-order chi connectivity index (χ0) is 14.5. The molecule has 0 aromatic heterocycles. The van der Waals surface area contributed by atoms with Crippen LogP contribution in [0.15, 0.2) is 29.3 Å². The van der Waals surface area contributed by atoms with Crippen molar-refractivity contribution in [1.29, 1.82) is 5.41 Å². The highest BCUT2D eigenvalue weighted by Gasteiger charge is 2.16. The fraction of sp³-hybridized carbons (Fsp3) is 0.429. The normalized spacial score (nSPS) is 17.1. The summed E-state index contributed by atoms with van der Waals surface area (Å²) in [7, 11) is 3.70. The molecule has 1 aromatic carbocycles. The number of ether oxygens (including phenoxy) is 1. The molecule has 0 amide bonds. The molecule has 0 bridgehead atoms. The van der Waals surface area contributed by atoms with Gasteiger partial charge in [-0.25, -0.2) is 0 Å². The highest BCUT2D eigenvalue weighted by Crippen LogP contribution is 2.11. The Kier molecular flexibility index (Phi) is 4.57. The molecule has 0 saturated carbocycles. The second kappa shape index (κ2) is 6.38. The summed E-state index contributed by atoms with van der Waals surface area (Å²) in [5.41, 5.74) is 6.75. The fourth-order valence-corrected chi connectivity index (χ4v) is 2.03. The summed E-state index contributed by atoms with van der Waals surface area (Å²) in [6, 6.07) is 7.35. The van der Waals surface area contributed by atoms with E-state index in [-0.39, 0.29) is 5.96 Å². The van der Waals surface area contributed by atoms with E-state index >= 15 is 0 Å². The number of likely N-dealkylation sites (N-methyl/N-ethyl adjacent to an activating group) is 1. The molecule has 6 nitrogen and oxygen atoms in total. The van der Waals surface area contributed by atoms with Crippen molar-refractivity contribution in [2.24, 2.45) is 10.7 Å². The molecule has 0 unspecified atom stereocenters. The minimum Gasteiger partial charge on any atom is -0.497 e. The first-order valence-electron chi connectivity index (χ1n) is 6.61. The predicted molar refractivity (Wildman–Crippen MR) is 80.5 cm³/mol. The predicted octanol–water partition coefficient (Wildman–Crippen LogP) is 0.583. The molecule has 108 valence electrons. The van der Waals surface area contributed by atoms with E-state index in [1.54, 1.807) is 7.11 Å². The van der Waals surface area contributed by atoms with Gasteiger partial charge in [0.05, 0.1) is 7.11 Å². The Bertz CT molecular complexity index is 489. The lowest BCUT2D eigenvalue weighted by atomic mass is 10.2. The minimum atomic E-state index is 0.228. The minimum absolute atomic E-state index is 0.228. The molecule has 1 fully saturated rings. The molecule has 0 radical (unpaired) electrons. The van der Waals surface area contributed by atoms with E-state index < -0.39 is 0 Å². The average Bonchev–Trinajstić information content (AvgIpc) is 2.48. The van der Waals surface area contributed by atoms with Crippen LogP contribution in [0.25, 0.3) is 0 Å². The summed E-state index contributed by atoms with van der Waals surface area (Å²) in [5, 5.41) is 8.02. The van der Waals surface area contributed by atoms with Crippen LogP contribution >= 0.6 is 0 Å². The number of guanidine groups is 1. The first kappa shape index (κ1) is 14.3. The van der Waals surface area contributed by atoms with Gasteiger partial charge < -0.3 is 20.3 Å². The van der Waals surface area contributed by atoms with Crippen molar-refractivity contribution in [2.75, 3.05) is 40.3 Å². The number of benzene rings is 1. The van der Waals surface area contributed by atoms with Crippen molar-refractivity contribution < 1.29 is 4.74 Å². The van der Waals surface area contributed by atoms with E-state index in [4.69, 9.17) is 15.9 Å². The van der Waals surface area contributed by atoms with Gasteiger partial charge in [-0.3, -0.25) is 5.41 Å². The molecule has 3 N–H and O–H groups in total. The third kappa shape index (κ3) is 3.48. The molecule has 2 rings (SSSR count). The lowest BCUT2D eigenvalue weighted by molar-refractivity contribution is 0.213. The Morgan fingerprint density at radius 1 is 1.20 bits per heavy atom.